The third-order valence-electron chi connectivity index (χ3n) is 5.78. The van der Waals surface area contributed by atoms with Gasteiger partial charge in [-0.05, 0) is 17.7 Å². The van der Waals surface area contributed by atoms with E-state index >= 15 is 0 Å². The maximum absolute atomic E-state index is 12.8. The zero-order chi connectivity index (χ0) is 24.2. The predicted molar refractivity (Wildman–Crippen MR) is 131 cm³/mol. The van der Waals surface area contributed by atoms with Gasteiger partial charge in [0, 0.05) is 19.5 Å². The highest BCUT2D eigenvalue weighted by Gasteiger charge is 2.11. The molecule has 35 heavy (non-hydrogen) atoms. The number of hydrogen-bond acceptors (Lipinski definition) is 6. The van der Waals surface area contributed by atoms with E-state index < -0.39 is 0 Å². The van der Waals surface area contributed by atoms with Crippen LogP contribution in [0, 0.1) is 0 Å². The Hall–Kier alpha value is -4.60. The summed E-state index contributed by atoms with van der Waals surface area (Å²) in [7, 11) is 0. The van der Waals surface area contributed by atoms with Crippen LogP contribution in [0.4, 0.5) is 0 Å². The van der Waals surface area contributed by atoms with Crippen LogP contribution in [-0.2, 0) is 24.4 Å². The second kappa shape index (κ2) is 9.72. The van der Waals surface area contributed by atoms with Gasteiger partial charge >= 0.3 is 0 Å². The van der Waals surface area contributed by atoms with E-state index in [0.717, 1.165) is 5.56 Å². The number of amides is 1. The van der Waals surface area contributed by atoms with Gasteiger partial charge < -0.3 is 5.32 Å². The fourth-order valence-corrected chi connectivity index (χ4v) is 3.93. The van der Waals surface area contributed by atoms with E-state index in [4.69, 9.17) is 0 Å². The van der Waals surface area contributed by atoms with Gasteiger partial charge in [-0.25, -0.2) is 14.6 Å². The largest absolute Gasteiger partial charge is 0.354 e. The molecule has 3 heterocycles. The fraction of sp³-hybridized carbons (Fsp3) is 0.200. The number of rotatable bonds is 8. The van der Waals surface area contributed by atoms with Gasteiger partial charge in [-0.15, -0.1) is 0 Å². The molecule has 5 rings (SSSR count). The molecule has 0 aliphatic rings. The average molecular weight is 470 g/mol. The Morgan fingerprint density at radius 3 is 2.43 bits per heavy atom. The van der Waals surface area contributed by atoms with Gasteiger partial charge in [0.25, 0.3) is 11.1 Å². The highest BCUT2D eigenvalue weighted by atomic mass is 16.2. The van der Waals surface area contributed by atoms with Gasteiger partial charge in [0.1, 0.15) is 11.7 Å². The van der Waals surface area contributed by atoms with Crippen LogP contribution in [0.2, 0.25) is 0 Å². The van der Waals surface area contributed by atoms with Crippen molar-refractivity contribution in [2.24, 2.45) is 0 Å². The first-order valence-corrected chi connectivity index (χ1v) is 11.3. The molecule has 0 aliphatic heterocycles. The summed E-state index contributed by atoms with van der Waals surface area (Å²) in [5.74, 6) is -0.195. The summed E-state index contributed by atoms with van der Waals surface area (Å²) in [4.78, 5) is 46.3. The van der Waals surface area contributed by atoms with Crippen molar-refractivity contribution in [3.05, 3.63) is 99.7 Å². The van der Waals surface area contributed by atoms with Crippen LogP contribution in [-0.4, -0.2) is 41.3 Å². The van der Waals surface area contributed by atoms with Gasteiger partial charge in [0.05, 0.1) is 36.5 Å². The molecule has 0 fully saturated rings. The number of nitrogens with zero attached hydrogens (tertiary/aromatic N) is 6. The highest BCUT2D eigenvalue weighted by Crippen LogP contribution is 2.07. The third kappa shape index (κ3) is 4.72. The van der Waals surface area contributed by atoms with Crippen molar-refractivity contribution in [2.75, 3.05) is 6.54 Å². The topological polar surface area (TPSA) is 117 Å². The lowest BCUT2D eigenvalue weighted by atomic mass is 10.2. The van der Waals surface area contributed by atoms with Crippen LogP contribution < -0.4 is 16.4 Å². The molecule has 0 radical (unpaired) electrons. The molecule has 10 nitrogen and oxygen atoms in total. The van der Waals surface area contributed by atoms with Gasteiger partial charge in [-0.2, -0.15) is 5.10 Å². The predicted octanol–water partition coefficient (Wildman–Crippen LogP) is 1.56. The monoisotopic (exact) mass is 469 g/mol. The minimum Gasteiger partial charge on any atom is -0.354 e. The van der Waals surface area contributed by atoms with Gasteiger partial charge in [0.15, 0.2) is 5.65 Å². The van der Waals surface area contributed by atoms with Crippen molar-refractivity contribution >= 4 is 27.8 Å². The average Bonchev–Trinajstić information content (AvgIpc) is 3.30. The highest BCUT2D eigenvalue weighted by molar-refractivity contribution is 5.77. The zero-order valence-electron chi connectivity index (χ0n) is 18.9. The molecule has 176 valence electrons. The first kappa shape index (κ1) is 22.2. The second-order valence-electron chi connectivity index (χ2n) is 8.13. The Bertz CT molecular complexity index is 1620. The first-order chi connectivity index (χ1) is 17.1. The van der Waals surface area contributed by atoms with Crippen molar-refractivity contribution in [3.8, 4) is 0 Å². The van der Waals surface area contributed by atoms with Gasteiger partial charge in [-0.3, -0.25) is 23.5 Å². The van der Waals surface area contributed by atoms with Crippen molar-refractivity contribution in [1.82, 2.24) is 34.2 Å². The summed E-state index contributed by atoms with van der Waals surface area (Å²) >= 11 is 0. The van der Waals surface area contributed by atoms with Gasteiger partial charge in [0.2, 0.25) is 5.91 Å². The van der Waals surface area contributed by atoms with E-state index in [-0.39, 0.29) is 30.0 Å². The summed E-state index contributed by atoms with van der Waals surface area (Å²) in [6, 6.07) is 16.8. The molecule has 5 aromatic rings. The van der Waals surface area contributed by atoms with Gasteiger partial charge in [-0.1, -0.05) is 42.5 Å². The lowest BCUT2D eigenvalue weighted by Gasteiger charge is -2.09. The first-order valence-electron chi connectivity index (χ1n) is 11.3. The lowest BCUT2D eigenvalue weighted by Crippen LogP contribution is -2.30. The molecule has 0 aliphatic carbocycles. The van der Waals surface area contributed by atoms with E-state index in [1.54, 1.807) is 27.4 Å². The molecule has 0 saturated carbocycles. The Morgan fingerprint density at radius 1 is 0.829 bits per heavy atom. The Labute approximate surface area is 199 Å². The number of nitrogens with one attached hydrogen (secondary N) is 1. The van der Waals surface area contributed by atoms with E-state index in [9.17, 15) is 14.4 Å². The van der Waals surface area contributed by atoms with Crippen molar-refractivity contribution in [1.29, 1.82) is 0 Å². The molecule has 0 spiro atoms. The Morgan fingerprint density at radius 2 is 1.57 bits per heavy atom. The molecule has 10 heteroatoms. The number of carbonyl (C=O) groups is 1. The molecular formula is C25H23N7O3. The van der Waals surface area contributed by atoms with E-state index in [0.29, 0.717) is 41.6 Å². The molecule has 0 saturated heterocycles. The maximum atomic E-state index is 12.8. The van der Waals surface area contributed by atoms with Crippen molar-refractivity contribution < 1.29 is 4.79 Å². The molecular weight excluding hydrogens is 446 g/mol. The third-order valence-corrected chi connectivity index (χ3v) is 5.78. The number of benzene rings is 2. The van der Waals surface area contributed by atoms with Crippen LogP contribution in [0.1, 0.15) is 12.0 Å². The van der Waals surface area contributed by atoms with Crippen molar-refractivity contribution in [3.63, 3.8) is 0 Å². The number of fused-ring (bicyclic) bond motifs is 2. The SMILES string of the molecule is O=C(CCn1cnc2ccccc2c1=O)NCCn1ncc2c(=O)n(Cc3ccccc3)cnc21. The zero-order valence-corrected chi connectivity index (χ0v) is 18.9. The summed E-state index contributed by atoms with van der Waals surface area (Å²) in [6.45, 7) is 1.34. The number of aromatic nitrogens is 6. The van der Waals surface area contributed by atoms with E-state index in [1.807, 2.05) is 36.4 Å². The minimum absolute atomic E-state index is 0.141. The standard InChI is InChI=1S/C25H23N7O3/c33-22(10-12-30-16-27-21-9-5-4-8-19(21)24(30)34)26-11-13-32-23-20(14-29-32)25(35)31(17-28-23)15-18-6-2-1-3-7-18/h1-9,14,16-17H,10-13,15H2,(H,26,33). The smallest absolute Gasteiger partial charge is 0.264 e. The Kier molecular flexibility index (Phi) is 6.16. The fourth-order valence-electron chi connectivity index (χ4n) is 3.93. The summed E-state index contributed by atoms with van der Waals surface area (Å²) in [6.07, 6.45) is 4.63. The van der Waals surface area contributed by atoms with Crippen LogP contribution in [0.5, 0.6) is 0 Å². The maximum Gasteiger partial charge on any atom is 0.264 e. The van der Waals surface area contributed by atoms with E-state index in [2.05, 4.69) is 20.4 Å². The minimum atomic E-state index is -0.195. The normalized spacial score (nSPS) is 11.2. The quantitative estimate of drug-likeness (QED) is 0.369. The van der Waals surface area contributed by atoms with Crippen molar-refractivity contribution in [2.45, 2.75) is 26.1 Å². The molecule has 1 N–H and O–H groups in total. The molecule has 0 bridgehead atoms. The van der Waals surface area contributed by atoms with E-state index in [1.165, 1.54) is 23.4 Å². The van der Waals surface area contributed by atoms with Crippen LogP contribution in [0.15, 0.2) is 83.0 Å². The summed E-state index contributed by atoms with van der Waals surface area (Å²) in [5.41, 5.74) is 1.78. The number of aryl methyl sites for hydroxylation is 1. The van der Waals surface area contributed by atoms with Crippen LogP contribution in [0.3, 0.4) is 0 Å². The second-order valence-corrected chi connectivity index (χ2v) is 8.13. The summed E-state index contributed by atoms with van der Waals surface area (Å²) < 4.78 is 4.59. The van der Waals surface area contributed by atoms with Crippen LogP contribution >= 0.6 is 0 Å². The number of carbonyl (C=O) groups excluding carboxylic acids is 1. The summed E-state index contributed by atoms with van der Waals surface area (Å²) in [5, 5.41) is 8.05. The van der Waals surface area contributed by atoms with Crippen LogP contribution in [0.25, 0.3) is 21.9 Å². The number of hydrogen-bond donors (Lipinski definition) is 1. The molecule has 3 aromatic heterocycles. The molecule has 2 aromatic carbocycles. The molecule has 0 unspecified atom stereocenters. The lowest BCUT2D eigenvalue weighted by molar-refractivity contribution is -0.121. The molecule has 0 atom stereocenters. The Balaban J connectivity index is 1.18. The molecule has 1 amide bonds. The number of para-hydroxylation sites is 1.